The van der Waals surface area contributed by atoms with E-state index in [1.807, 2.05) is 20.8 Å². The fraction of sp³-hybridized carbons (Fsp3) is 0.647. The SMILES string of the molecule is CC(C)(C)Oc1ccc([C@H](N2CCNCC2)C(F)(F)CO)cc1. The highest BCUT2D eigenvalue weighted by Crippen LogP contribution is 2.37. The predicted molar refractivity (Wildman–Crippen MR) is 86.0 cm³/mol. The van der Waals surface area contributed by atoms with Gasteiger partial charge in [0.15, 0.2) is 0 Å². The third-order valence-electron chi connectivity index (χ3n) is 3.75. The maximum absolute atomic E-state index is 14.3. The minimum atomic E-state index is -3.19. The van der Waals surface area contributed by atoms with Crippen LogP contribution in [-0.2, 0) is 0 Å². The highest BCUT2D eigenvalue weighted by atomic mass is 19.3. The molecule has 1 saturated heterocycles. The van der Waals surface area contributed by atoms with Crippen molar-refractivity contribution in [3.8, 4) is 5.75 Å². The summed E-state index contributed by atoms with van der Waals surface area (Å²) in [5, 5.41) is 12.3. The third-order valence-corrected chi connectivity index (χ3v) is 3.75. The van der Waals surface area contributed by atoms with Crippen LogP contribution < -0.4 is 10.1 Å². The minimum absolute atomic E-state index is 0.339. The number of aliphatic hydroxyl groups excluding tert-OH is 1. The average molecular weight is 328 g/mol. The monoisotopic (exact) mass is 328 g/mol. The molecule has 1 fully saturated rings. The summed E-state index contributed by atoms with van der Waals surface area (Å²) in [6, 6.07) is 5.62. The molecule has 1 atom stereocenters. The van der Waals surface area contributed by atoms with E-state index in [-0.39, 0.29) is 5.60 Å². The first kappa shape index (κ1) is 18.1. The molecule has 0 bridgehead atoms. The van der Waals surface area contributed by atoms with Crippen molar-refractivity contribution in [3.63, 3.8) is 0 Å². The van der Waals surface area contributed by atoms with Gasteiger partial charge in [0.05, 0.1) is 0 Å². The molecule has 23 heavy (non-hydrogen) atoms. The van der Waals surface area contributed by atoms with E-state index < -0.39 is 18.6 Å². The summed E-state index contributed by atoms with van der Waals surface area (Å²) in [7, 11) is 0. The molecular weight excluding hydrogens is 302 g/mol. The molecular formula is C17H26F2N2O2. The van der Waals surface area contributed by atoms with Crippen LogP contribution in [0.2, 0.25) is 0 Å². The molecule has 1 aliphatic heterocycles. The van der Waals surface area contributed by atoms with Crippen LogP contribution in [-0.4, -0.2) is 54.3 Å². The number of piperazine rings is 1. The largest absolute Gasteiger partial charge is 0.488 e. The zero-order valence-electron chi connectivity index (χ0n) is 14.0. The quantitative estimate of drug-likeness (QED) is 0.871. The Morgan fingerprint density at radius 2 is 1.74 bits per heavy atom. The van der Waals surface area contributed by atoms with E-state index in [2.05, 4.69) is 5.32 Å². The first-order valence-corrected chi connectivity index (χ1v) is 7.95. The lowest BCUT2D eigenvalue weighted by molar-refractivity contribution is -0.118. The van der Waals surface area contributed by atoms with Gasteiger partial charge in [-0.05, 0) is 38.5 Å². The van der Waals surface area contributed by atoms with Crippen LogP contribution in [0.5, 0.6) is 5.75 Å². The number of hydrogen-bond acceptors (Lipinski definition) is 4. The topological polar surface area (TPSA) is 44.7 Å². The Balaban J connectivity index is 2.24. The van der Waals surface area contributed by atoms with Crippen LogP contribution in [0.15, 0.2) is 24.3 Å². The van der Waals surface area contributed by atoms with Gasteiger partial charge in [-0.25, -0.2) is 8.78 Å². The van der Waals surface area contributed by atoms with Crippen LogP contribution in [0, 0.1) is 0 Å². The summed E-state index contributed by atoms with van der Waals surface area (Å²) >= 11 is 0. The number of rotatable bonds is 5. The Morgan fingerprint density at radius 1 is 1.17 bits per heavy atom. The molecule has 0 saturated carbocycles. The van der Waals surface area contributed by atoms with Crippen LogP contribution in [0.1, 0.15) is 32.4 Å². The molecule has 0 aliphatic carbocycles. The molecule has 1 aliphatic rings. The van der Waals surface area contributed by atoms with Crippen molar-refractivity contribution in [2.75, 3.05) is 32.8 Å². The van der Waals surface area contributed by atoms with Crippen molar-refractivity contribution in [2.45, 2.75) is 38.3 Å². The Morgan fingerprint density at radius 3 is 2.22 bits per heavy atom. The Bertz CT molecular complexity index is 494. The summed E-state index contributed by atoms with van der Waals surface area (Å²) in [5.41, 5.74) is 0.154. The van der Waals surface area contributed by atoms with Crippen molar-refractivity contribution in [1.82, 2.24) is 10.2 Å². The fourth-order valence-corrected chi connectivity index (χ4v) is 2.82. The summed E-state index contributed by atoms with van der Waals surface area (Å²) in [6.45, 7) is 7.04. The zero-order valence-corrected chi connectivity index (χ0v) is 14.0. The Labute approximate surface area is 136 Å². The van der Waals surface area contributed by atoms with E-state index >= 15 is 0 Å². The second kappa shape index (κ2) is 7.11. The van der Waals surface area contributed by atoms with Gasteiger partial charge in [-0.2, -0.15) is 0 Å². The molecule has 0 amide bonds. The van der Waals surface area contributed by atoms with E-state index in [1.54, 1.807) is 29.2 Å². The first-order chi connectivity index (χ1) is 10.7. The molecule has 1 aromatic rings. The molecule has 2 N–H and O–H groups in total. The number of alkyl halides is 2. The van der Waals surface area contributed by atoms with E-state index in [1.165, 1.54) is 0 Å². The van der Waals surface area contributed by atoms with Crippen molar-refractivity contribution >= 4 is 0 Å². The number of ether oxygens (including phenoxy) is 1. The molecule has 1 heterocycles. The molecule has 130 valence electrons. The number of aliphatic hydroxyl groups is 1. The van der Waals surface area contributed by atoms with Crippen LogP contribution in [0.25, 0.3) is 0 Å². The van der Waals surface area contributed by atoms with Crippen LogP contribution in [0.3, 0.4) is 0 Å². The maximum atomic E-state index is 14.3. The summed E-state index contributed by atoms with van der Waals surface area (Å²) < 4.78 is 34.4. The fourth-order valence-electron chi connectivity index (χ4n) is 2.82. The van der Waals surface area contributed by atoms with Gasteiger partial charge < -0.3 is 15.2 Å². The molecule has 0 spiro atoms. The minimum Gasteiger partial charge on any atom is -0.488 e. The zero-order chi connectivity index (χ0) is 17.1. The van der Waals surface area contributed by atoms with Gasteiger partial charge in [-0.3, -0.25) is 4.90 Å². The Hall–Kier alpha value is -1.24. The highest BCUT2D eigenvalue weighted by molar-refractivity contribution is 5.31. The van der Waals surface area contributed by atoms with E-state index in [9.17, 15) is 8.78 Å². The van der Waals surface area contributed by atoms with Gasteiger partial charge in [-0.1, -0.05) is 12.1 Å². The van der Waals surface area contributed by atoms with E-state index in [0.717, 1.165) is 0 Å². The number of hydrogen-bond donors (Lipinski definition) is 2. The van der Waals surface area contributed by atoms with Gasteiger partial charge in [-0.15, -0.1) is 0 Å². The molecule has 0 unspecified atom stereocenters. The lowest BCUT2D eigenvalue weighted by Crippen LogP contribution is -2.51. The van der Waals surface area contributed by atoms with E-state index in [0.29, 0.717) is 37.5 Å². The maximum Gasteiger partial charge on any atom is 0.289 e. The molecule has 2 rings (SSSR count). The first-order valence-electron chi connectivity index (χ1n) is 7.95. The van der Waals surface area contributed by atoms with Crippen molar-refractivity contribution < 1.29 is 18.6 Å². The van der Waals surface area contributed by atoms with E-state index in [4.69, 9.17) is 9.84 Å². The third kappa shape index (κ3) is 4.86. The van der Waals surface area contributed by atoms with Gasteiger partial charge in [0.25, 0.3) is 5.92 Å². The lowest BCUT2D eigenvalue weighted by Gasteiger charge is -2.38. The summed E-state index contributed by atoms with van der Waals surface area (Å²) in [4.78, 5) is 1.73. The smallest absolute Gasteiger partial charge is 0.289 e. The van der Waals surface area contributed by atoms with Crippen molar-refractivity contribution in [1.29, 1.82) is 0 Å². The van der Waals surface area contributed by atoms with Gasteiger partial charge in [0, 0.05) is 26.2 Å². The number of halogens is 2. The van der Waals surface area contributed by atoms with Crippen LogP contribution >= 0.6 is 0 Å². The molecule has 1 aromatic carbocycles. The van der Waals surface area contributed by atoms with Gasteiger partial charge in [0.1, 0.15) is 24.0 Å². The molecule has 0 radical (unpaired) electrons. The van der Waals surface area contributed by atoms with Crippen LogP contribution in [0.4, 0.5) is 8.78 Å². The average Bonchev–Trinajstić information content (AvgIpc) is 2.49. The molecule has 6 heteroatoms. The summed E-state index contributed by atoms with van der Waals surface area (Å²) in [6.07, 6.45) is 0. The predicted octanol–water partition coefficient (Wildman–Crippen LogP) is 2.44. The van der Waals surface area contributed by atoms with Gasteiger partial charge in [0.2, 0.25) is 0 Å². The number of nitrogens with one attached hydrogen (secondary N) is 1. The molecule has 0 aromatic heterocycles. The van der Waals surface area contributed by atoms with Crippen molar-refractivity contribution in [2.24, 2.45) is 0 Å². The highest BCUT2D eigenvalue weighted by Gasteiger charge is 2.43. The van der Waals surface area contributed by atoms with Crippen molar-refractivity contribution in [3.05, 3.63) is 29.8 Å². The second-order valence-electron chi connectivity index (χ2n) is 6.89. The second-order valence-corrected chi connectivity index (χ2v) is 6.89. The number of nitrogens with zero attached hydrogens (tertiary/aromatic N) is 1. The van der Waals surface area contributed by atoms with Gasteiger partial charge >= 0.3 is 0 Å². The standard InChI is InChI=1S/C17H26F2N2O2/c1-16(2,3)23-14-6-4-13(5-7-14)15(17(18,19)12-22)21-10-8-20-9-11-21/h4-7,15,20,22H,8-12H2,1-3H3/t15-/m0/s1. The summed E-state index contributed by atoms with van der Waals surface area (Å²) in [5.74, 6) is -2.54. The molecule has 4 nitrogen and oxygen atoms in total. The lowest BCUT2D eigenvalue weighted by atomic mass is 9.98. The normalized spacial score (nSPS) is 18.7. The Kier molecular flexibility index (Phi) is 5.60. The number of benzene rings is 1.